The summed E-state index contributed by atoms with van der Waals surface area (Å²) in [6, 6.07) is 9.39. The van der Waals surface area contributed by atoms with Gasteiger partial charge in [-0.2, -0.15) is 0 Å². The van der Waals surface area contributed by atoms with Gasteiger partial charge in [0.2, 0.25) is 0 Å². The molecule has 0 aliphatic carbocycles. The molecule has 0 heterocycles. The smallest absolute Gasteiger partial charge is 0.271 e. The predicted molar refractivity (Wildman–Crippen MR) is 124 cm³/mol. The summed E-state index contributed by atoms with van der Waals surface area (Å²) in [6.45, 7) is 7.81. The number of amides is 1. The molecule has 3 heteroatoms. The largest absolute Gasteiger partial charge is 0.277 e. The van der Waals surface area contributed by atoms with Crippen LogP contribution in [0.15, 0.2) is 42.5 Å². The van der Waals surface area contributed by atoms with Gasteiger partial charge in [0.05, 0.1) is 6.61 Å². The molecule has 1 aromatic rings. The van der Waals surface area contributed by atoms with Crippen molar-refractivity contribution < 1.29 is 9.63 Å². The van der Waals surface area contributed by atoms with Gasteiger partial charge in [0.1, 0.15) is 0 Å². The lowest BCUT2D eigenvalue weighted by molar-refractivity contribution is -0.124. The normalized spacial score (nSPS) is 12.4. The van der Waals surface area contributed by atoms with Crippen molar-refractivity contribution in [3.05, 3.63) is 48.0 Å². The van der Waals surface area contributed by atoms with Crippen LogP contribution in [0.2, 0.25) is 0 Å². The Kier molecular flexibility index (Phi) is 15.1. The molecule has 0 aliphatic heterocycles. The van der Waals surface area contributed by atoms with Crippen LogP contribution in [0.4, 0.5) is 0 Å². The zero-order valence-electron chi connectivity index (χ0n) is 19.1. The number of rotatable bonds is 17. The van der Waals surface area contributed by atoms with Crippen LogP contribution in [0, 0.1) is 5.92 Å². The van der Waals surface area contributed by atoms with Crippen molar-refractivity contribution in [3.63, 3.8) is 0 Å². The van der Waals surface area contributed by atoms with E-state index in [2.05, 4.69) is 32.9 Å². The van der Waals surface area contributed by atoms with Crippen LogP contribution in [-0.2, 0) is 4.84 Å². The maximum Gasteiger partial charge on any atom is 0.277 e. The van der Waals surface area contributed by atoms with E-state index in [4.69, 9.17) is 4.84 Å². The van der Waals surface area contributed by atoms with Crippen molar-refractivity contribution in [2.24, 2.45) is 5.92 Å². The molecule has 0 aliphatic rings. The van der Waals surface area contributed by atoms with Crippen LogP contribution in [0.5, 0.6) is 0 Å². The summed E-state index contributed by atoms with van der Waals surface area (Å²) in [6.07, 6.45) is 18.2. The molecule has 164 valence electrons. The molecule has 1 amide bonds. The van der Waals surface area contributed by atoms with E-state index in [1.807, 2.05) is 30.3 Å². The summed E-state index contributed by atoms with van der Waals surface area (Å²) in [5, 5.41) is 1.53. The first-order valence-corrected chi connectivity index (χ1v) is 11.9. The summed E-state index contributed by atoms with van der Waals surface area (Å²) in [5.74, 6) is 0.571. The number of unbranched alkanes of at least 4 members (excludes halogenated alkanes) is 6. The van der Waals surface area contributed by atoms with Gasteiger partial charge in [-0.1, -0.05) is 83.2 Å². The van der Waals surface area contributed by atoms with Gasteiger partial charge in [-0.3, -0.25) is 9.63 Å². The Morgan fingerprint density at radius 1 is 0.966 bits per heavy atom. The second-order valence-electron chi connectivity index (χ2n) is 7.90. The number of nitrogens with zero attached hydrogens (tertiary/aromatic N) is 1. The molecule has 29 heavy (non-hydrogen) atoms. The SMILES string of the molecule is CCCCCCCCC=CC(CC)CCCON(CCC)C(=O)c1ccccc1. The van der Waals surface area contributed by atoms with Crippen molar-refractivity contribution in [1.29, 1.82) is 0 Å². The highest BCUT2D eigenvalue weighted by Crippen LogP contribution is 2.15. The van der Waals surface area contributed by atoms with E-state index in [1.54, 1.807) is 0 Å². The summed E-state index contributed by atoms with van der Waals surface area (Å²) in [7, 11) is 0. The first-order valence-electron chi connectivity index (χ1n) is 11.9. The topological polar surface area (TPSA) is 29.5 Å². The molecule has 0 aromatic heterocycles. The Balaban J connectivity index is 2.26. The van der Waals surface area contributed by atoms with Crippen LogP contribution < -0.4 is 0 Å². The Bertz CT molecular complexity index is 541. The molecule has 3 nitrogen and oxygen atoms in total. The number of hydrogen-bond acceptors (Lipinski definition) is 2. The Morgan fingerprint density at radius 2 is 1.69 bits per heavy atom. The van der Waals surface area contributed by atoms with Gasteiger partial charge < -0.3 is 0 Å². The number of allylic oxidation sites excluding steroid dienone is 2. The number of carbonyl (C=O) groups is 1. The van der Waals surface area contributed by atoms with Gasteiger partial charge in [0.25, 0.3) is 5.91 Å². The predicted octanol–water partition coefficient (Wildman–Crippen LogP) is 7.58. The van der Waals surface area contributed by atoms with Gasteiger partial charge in [-0.05, 0) is 56.6 Å². The quantitative estimate of drug-likeness (QED) is 0.153. The van der Waals surface area contributed by atoms with E-state index in [-0.39, 0.29) is 5.91 Å². The van der Waals surface area contributed by atoms with E-state index in [0.717, 1.165) is 25.7 Å². The Morgan fingerprint density at radius 3 is 2.38 bits per heavy atom. The Hall–Kier alpha value is -1.61. The first-order chi connectivity index (χ1) is 14.2. The summed E-state index contributed by atoms with van der Waals surface area (Å²) in [4.78, 5) is 18.4. The molecule has 0 N–H and O–H groups in total. The molecular weight excluding hydrogens is 358 g/mol. The van der Waals surface area contributed by atoms with E-state index < -0.39 is 0 Å². The second kappa shape index (κ2) is 17.3. The average molecular weight is 402 g/mol. The molecular formula is C26H43NO2. The van der Waals surface area contributed by atoms with Crippen LogP contribution in [0.25, 0.3) is 0 Å². The highest BCUT2D eigenvalue weighted by molar-refractivity contribution is 5.93. The van der Waals surface area contributed by atoms with Crippen molar-refractivity contribution in [2.75, 3.05) is 13.2 Å². The summed E-state index contributed by atoms with van der Waals surface area (Å²) < 4.78 is 0. The molecule has 0 spiro atoms. The van der Waals surface area contributed by atoms with E-state index >= 15 is 0 Å². The van der Waals surface area contributed by atoms with Crippen molar-refractivity contribution in [1.82, 2.24) is 5.06 Å². The van der Waals surface area contributed by atoms with Crippen molar-refractivity contribution in [2.45, 2.75) is 91.4 Å². The van der Waals surface area contributed by atoms with Crippen molar-refractivity contribution >= 4 is 5.91 Å². The molecule has 1 atom stereocenters. The zero-order valence-corrected chi connectivity index (χ0v) is 19.1. The summed E-state index contributed by atoms with van der Waals surface area (Å²) in [5.41, 5.74) is 0.685. The fourth-order valence-electron chi connectivity index (χ4n) is 3.44. The number of hydroxylamine groups is 2. The van der Waals surface area contributed by atoms with Gasteiger partial charge >= 0.3 is 0 Å². The average Bonchev–Trinajstić information content (AvgIpc) is 2.76. The summed E-state index contributed by atoms with van der Waals surface area (Å²) >= 11 is 0. The van der Waals surface area contributed by atoms with Gasteiger partial charge in [-0.15, -0.1) is 0 Å². The van der Waals surface area contributed by atoms with Gasteiger partial charge in [-0.25, -0.2) is 5.06 Å². The molecule has 1 unspecified atom stereocenters. The van der Waals surface area contributed by atoms with Crippen LogP contribution in [0.1, 0.15) is 102 Å². The molecule has 0 fully saturated rings. The second-order valence-corrected chi connectivity index (χ2v) is 7.90. The molecule has 0 saturated heterocycles. The van der Waals surface area contributed by atoms with Crippen LogP contribution in [0.3, 0.4) is 0 Å². The highest BCUT2D eigenvalue weighted by atomic mass is 16.7. The standard InChI is InChI=1S/C26H43NO2/c1-4-7-8-9-10-11-12-14-18-24(6-3)19-17-23-29-27(22-5-2)26(28)25-20-15-13-16-21-25/h13-16,18,20-21,24H,4-12,17,19,22-23H2,1-3H3. The van der Waals surface area contributed by atoms with E-state index in [1.165, 1.54) is 50.0 Å². The lowest BCUT2D eigenvalue weighted by atomic mass is 9.99. The number of carbonyl (C=O) groups excluding carboxylic acids is 1. The lowest BCUT2D eigenvalue weighted by Gasteiger charge is -2.22. The minimum atomic E-state index is -0.0432. The highest BCUT2D eigenvalue weighted by Gasteiger charge is 2.15. The van der Waals surface area contributed by atoms with E-state index in [0.29, 0.717) is 24.6 Å². The number of benzene rings is 1. The number of hydrogen-bond donors (Lipinski definition) is 0. The minimum Gasteiger partial charge on any atom is -0.271 e. The Labute approximate surface area is 179 Å². The monoisotopic (exact) mass is 401 g/mol. The molecule has 0 bridgehead atoms. The maximum absolute atomic E-state index is 12.6. The molecule has 0 saturated carbocycles. The fraction of sp³-hybridized carbons (Fsp3) is 0.654. The third kappa shape index (κ3) is 11.9. The third-order valence-electron chi connectivity index (χ3n) is 5.30. The van der Waals surface area contributed by atoms with Gasteiger partial charge in [0, 0.05) is 12.1 Å². The minimum absolute atomic E-state index is 0.0432. The van der Waals surface area contributed by atoms with Crippen LogP contribution in [-0.4, -0.2) is 24.1 Å². The molecule has 1 rings (SSSR count). The zero-order chi connectivity index (χ0) is 21.2. The molecule has 1 aromatic carbocycles. The third-order valence-corrected chi connectivity index (χ3v) is 5.30. The molecule has 0 radical (unpaired) electrons. The van der Waals surface area contributed by atoms with Crippen molar-refractivity contribution in [3.8, 4) is 0 Å². The van der Waals surface area contributed by atoms with Crippen LogP contribution >= 0.6 is 0 Å². The first kappa shape index (κ1) is 25.4. The maximum atomic E-state index is 12.6. The fourth-order valence-corrected chi connectivity index (χ4v) is 3.44. The van der Waals surface area contributed by atoms with E-state index in [9.17, 15) is 4.79 Å². The van der Waals surface area contributed by atoms with Gasteiger partial charge in [0.15, 0.2) is 0 Å². The lowest BCUT2D eigenvalue weighted by Crippen LogP contribution is -2.32.